The van der Waals surface area contributed by atoms with Crippen LogP contribution < -0.4 is 10.1 Å². The average molecular weight is 419 g/mol. The van der Waals surface area contributed by atoms with Crippen molar-refractivity contribution in [1.82, 2.24) is 5.32 Å². The predicted octanol–water partition coefficient (Wildman–Crippen LogP) is 2.76. The molecule has 0 bridgehead atoms. The molecule has 0 aromatic heterocycles. The number of hydrogen-bond acceptors (Lipinski definition) is 5. The van der Waals surface area contributed by atoms with Crippen molar-refractivity contribution < 1.29 is 28.8 Å². The maximum Gasteiger partial charge on any atom is 0.335 e. The van der Waals surface area contributed by atoms with Gasteiger partial charge < -0.3 is 24.8 Å². The van der Waals surface area contributed by atoms with Gasteiger partial charge in [-0.05, 0) is 41.8 Å². The van der Waals surface area contributed by atoms with Crippen LogP contribution in [0.5, 0.6) is 5.75 Å². The van der Waals surface area contributed by atoms with Crippen LogP contribution in [0.25, 0.3) is 0 Å². The van der Waals surface area contributed by atoms with Crippen LogP contribution in [0.3, 0.4) is 0 Å². The molecule has 29 heavy (non-hydrogen) atoms. The van der Waals surface area contributed by atoms with E-state index in [1.807, 2.05) is 0 Å². The maximum absolute atomic E-state index is 12.6. The van der Waals surface area contributed by atoms with Gasteiger partial charge in [-0.2, -0.15) is 0 Å². The van der Waals surface area contributed by atoms with Gasteiger partial charge in [0.05, 0.1) is 31.5 Å². The van der Waals surface area contributed by atoms with Crippen molar-refractivity contribution in [3.63, 3.8) is 0 Å². The molecule has 1 unspecified atom stereocenters. The van der Waals surface area contributed by atoms with Crippen LogP contribution in [0.15, 0.2) is 48.5 Å². The Kier molecular flexibility index (Phi) is 7.09. The Hall–Kier alpha value is -2.18. The molecule has 1 aliphatic rings. The molecule has 0 saturated carbocycles. The van der Waals surface area contributed by atoms with E-state index in [1.54, 1.807) is 55.6 Å². The molecule has 1 fully saturated rings. The Morgan fingerprint density at radius 2 is 1.83 bits per heavy atom. The molecule has 0 radical (unpaired) electrons. The number of rotatable bonds is 8. The van der Waals surface area contributed by atoms with Crippen LogP contribution in [0, 0.1) is 0 Å². The van der Waals surface area contributed by atoms with Crippen LogP contribution in [-0.4, -0.2) is 54.5 Å². The summed E-state index contributed by atoms with van der Waals surface area (Å²) in [4.78, 5) is 21.3. The highest BCUT2D eigenvalue weighted by atomic mass is 31.2. The molecule has 3 atom stereocenters. The minimum Gasteiger partial charge on any atom is -0.497 e. The van der Waals surface area contributed by atoms with E-state index in [4.69, 9.17) is 14.6 Å². The number of hydrogen-bond donors (Lipinski definition) is 3. The molecule has 0 spiro atoms. The highest BCUT2D eigenvalue weighted by Gasteiger charge is 2.29. The molecular weight excluding hydrogens is 393 g/mol. The van der Waals surface area contributed by atoms with E-state index in [1.165, 1.54) is 0 Å². The minimum atomic E-state index is -3.37. The van der Waals surface area contributed by atoms with Gasteiger partial charge >= 0.3 is 5.97 Å². The van der Waals surface area contributed by atoms with Gasteiger partial charge in [0.1, 0.15) is 5.75 Å². The van der Waals surface area contributed by atoms with Gasteiger partial charge in [0.2, 0.25) is 7.37 Å². The van der Waals surface area contributed by atoms with Crippen LogP contribution in [0.4, 0.5) is 0 Å². The predicted molar refractivity (Wildman–Crippen MR) is 110 cm³/mol. The molecule has 156 valence electrons. The minimum absolute atomic E-state index is 0.0848. The van der Waals surface area contributed by atoms with Crippen molar-refractivity contribution in [3.8, 4) is 5.75 Å². The summed E-state index contributed by atoms with van der Waals surface area (Å²) in [7, 11) is -1.79. The van der Waals surface area contributed by atoms with E-state index in [0.29, 0.717) is 25.3 Å². The fraction of sp³-hybridized carbons (Fsp3) is 0.381. The van der Waals surface area contributed by atoms with Gasteiger partial charge in [0.25, 0.3) is 0 Å². The zero-order chi connectivity index (χ0) is 20.9. The number of nitrogens with one attached hydrogen (secondary N) is 1. The topological polar surface area (TPSA) is 105 Å². The number of carboxylic acids is 1. The second-order valence-corrected chi connectivity index (χ2v) is 9.68. The van der Waals surface area contributed by atoms with Crippen molar-refractivity contribution in [1.29, 1.82) is 0 Å². The summed E-state index contributed by atoms with van der Waals surface area (Å²) in [5.41, 5.74) is 2.07. The fourth-order valence-corrected chi connectivity index (χ4v) is 5.16. The van der Waals surface area contributed by atoms with Crippen molar-refractivity contribution in [2.45, 2.75) is 24.7 Å². The summed E-state index contributed by atoms with van der Waals surface area (Å²) in [5.74, 6) is -0.230. The van der Waals surface area contributed by atoms with E-state index in [2.05, 4.69) is 5.32 Å². The Labute approximate surface area is 170 Å². The molecule has 2 aromatic carbocycles. The first-order valence-corrected chi connectivity index (χ1v) is 11.5. The highest BCUT2D eigenvalue weighted by Crippen LogP contribution is 2.45. The standard InChI is InChI=1S/C21H26NO6P/c1-27-19-8-4-16(5-9-19)13-29(25,26)14-20-11-22-18(12-28-20)10-15-2-6-17(7-3-15)21(23)24/h2-9,18,20,22H,10-14H2,1H3,(H,23,24)(H,25,26)/t18-,20-/m1/s1. The Balaban J connectivity index is 1.46. The second-order valence-electron chi connectivity index (χ2n) is 7.30. The number of carboxylic acid groups (broad SMARTS) is 1. The third-order valence-electron chi connectivity index (χ3n) is 4.93. The van der Waals surface area contributed by atoms with Crippen molar-refractivity contribution in [3.05, 3.63) is 65.2 Å². The third-order valence-corrected chi connectivity index (χ3v) is 6.77. The lowest BCUT2D eigenvalue weighted by Gasteiger charge is -2.31. The molecule has 7 nitrogen and oxygen atoms in total. The quantitative estimate of drug-likeness (QED) is 0.565. The molecule has 0 aliphatic carbocycles. The zero-order valence-electron chi connectivity index (χ0n) is 16.3. The summed E-state index contributed by atoms with van der Waals surface area (Å²) in [5, 5.41) is 12.3. The molecule has 0 amide bonds. The van der Waals surface area contributed by atoms with Gasteiger partial charge in [-0.3, -0.25) is 4.57 Å². The van der Waals surface area contributed by atoms with Gasteiger partial charge in [0.15, 0.2) is 0 Å². The SMILES string of the molecule is COc1ccc(CP(=O)(O)C[C@H]2CN[C@H](Cc3ccc(C(=O)O)cc3)CO2)cc1. The first kappa shape index (κ1) is 21.5. The lowest BCUT2D eigenvalue weighted by atomic mass is 10.0. The molecule has 3 N–H and O–H groups in total. The summed E-state index contributed by atoms with van der Waals surface area (Å²) in [6.45, 7) is 0.943. The van der Waals surface area contributed by atoms with Crippen LogP contribution in [-0.2, 0) is 21.9 Å². The number of aromatic carboxylic acids is 1. The Morgan fingerprint density at radius 3 is 2.38 bits per heavy atom. The number of benzene rings is 2. The first-order valence-electron chi connectivity index (χ1n) is 9.45. The van der Waals surface area contributed by atoms with Crippen molar-refractivity contribution in [2.75, 3.05) is 26.4 Å². The third kappa shape index (κ3) is 6.41. The fourth-order valence-electron chi connectivity index (χ4n) is 3.38. The molecule has 1 saturated heterocycles. The van der Waals surface area contributed by atoms with E-state index in [-0.39, 0.29) is 30.0 Å². The highest BCUT2D eigenvalue weighted by molar-refractivity contribution is 7.57. The monoisotopic (exact) mass is 419 g/mol. The largest absolute Gasteiger partial charge is 0.497 e. The van der Waals surface area contributed by atoms with Crippen LogP contribution >= 0.6 is 7.37 Å². The lowest BCUT2D eigenvalue weighted by Crippen LogP contribution is -2.48. The molecule has 3 rings (SSSR count). The zero-order valence-corrected chi connectivity index (χ0v) is 17.2. The number of methoxy groups -OCH3 is 1. The molecule has 1 aliphatic heterocycles. The van der Waals surface area contributed by atoms with Gasteiger partial charge in [-0.1, -0.05) is 24.3 Å². The summed E-state index contributed by atoms with van der Waals surface area (Å²) in [6.07, 6.45) is 0.604. The van der Waals surface area contributed by atoms with E-state index in [0.717, 1.165) is 11.1 Å². The Bertz CT molecular complexity index is 860. The van der Waals surface area contributed by atoms with Gasteiger partial charge in [0, 0.05) is 18.7 Å². The van der Waals surface area contributed by atoms with Crippen LogP contribution in [0.1, 0.15) is 21.5 Å². The molecule has 8 heteroatoms. The Morgan fingerprint density at radius 1 is 1.17 bits per heavy atom. The van der Waals surface area contributed by atoms with Gasteiger partial charge in [-0.15, -0.1) is 0 Å². The van der Waals surface area contributed by atoms with Crippen LogP contribution in [0.2, 0.25) is 0 Å². The summed E-state index contributed by atoms with van der Waals surface area (Å²) >= 11 is 0. The van der Waals surface area contributed by atoms with Gasteiger partial charge in [-0.25, -0.2) is 4.79 Å². The van der Waals surface area contributed by atoms with Crippen molar-refractivity contribution in [2.24, 2.45) is 0 Å². The molecule has 2 aromatic rings. The number of ether oxygens (including phenoxy) is 2. The lowest BCUT2D eigenvalue weighted by molar-refractivity contribution is 0.0162. The first-order chi connectivity index (χ1) is 13.8. The van der Waals surface area contributed by atoms with Crippen molar-refractivity contribution >= 4 is 13.3 Å². The summed E-state index contributed by atoms with van der Waals surface area (Å²) < 4.78 is 23.6. The molecule has 1 heterocycles. The van der Waals surface area contributed by atoms with E-state index < -0.39 is 13.3 Å². The summed E-state index contributed by atoms with van der Waals surface area (Å²) in [6, 6.07) is 14.0. The number of carbonyl (C=O) groups is 1. The average Bonchev–Trinajstić information content (AvgIpc) is 2.70. The number of morpholine rings is 1. The van der Waals surface area contributed by atoms with E-state index in [9.17, 15) is 14.3 Å². The second kappa shape index (κ2) is 9.55. The normalized spacial score (nSPS) is 21.3. The maximum atomic E-state index is 12.6. The smallest absolute Gasteiger partial charge is 0.335 e. The molecular formula is C21H26NO6P. The van der Waals surface area contributed by atoms with E-state index >= 15 is 0 Å².